The van der Waals surface area contributed by atoms with Crippen molar-refractivity contribution in [2.75, 3.05) is 25.5 Å². The topological polar surface area (TPSA) is 93.2 Å². The van der Waals surface area contributed by atoms with Crippen LogP contribution in [0.15, 0.2) is 53.4 Å². The van der Waals surface area contributed by atoms with Gasteiger partial charge in [-0.15, -0.1) is 0 Å². The van der Waals surface area contributed by atoms with Crippen LogP contribution >= 0.6 is 11.5 Å². The Balaban J connectivity index is 1.48. The van der Waals surface area contributed by atoms with E-state index in [9.17, 15) is 8.42 Å². The number of benzene rings is 2. The van der Waals surface area contributed by atoms with Gasteiger partial charge in [0.1, 0.15) is 11.6 Å². The molecule has 28 heavy (non-hydrogen) atoms. The maximum absolute atomic E-state index is 12.3. The molecule has 2 N–H and O–H groups in total. The number of hydrogen-bond acceptors (Lipinski definition) is 7. The molecule has 0 aliphatic rings. The van der Waals surface area contributed by atoms with Crippen molar-refractivity contribution in [2.24, 2.45) is 0 Å². The molecule has 9 heteroatoms. The SMILES string of the molecule is COc1ccc(S(=O)(=O)NCCNc2nc(Cc3ccccc3C)ns2)cc1. The zero-order chi connectivity index (χ0) is 20.0. The zero-order valence-electron chi connectivity index (χ0n) is 15.7. The van der Waals surface area contributed by atoms with Crippen LogP contribution in [0.3, 0.4) is 0 Å². The summed E-state index contributed by atoms with van der Waals surface area (Å²) in [5.74, 6) is 1.36. The molecule has 0 aliphatic carbocycles. The van der Waals surface area contributed by atoms with Crippen molar-refractivity contribution in [3.05, 3.63) is 65.5 Å². The van der Waals surface area contributed by atoms with Gasteiger partial charge in [0.15, 0.2) is 0 Å². The normalized spacial score (nSPS) is 11.4. The van der Waals surface area contributed by atoms with Gasteiger partial charge in [-0.3, -0.25) is 0 Å². The number of hydrogen-bond donors (Lipinski definition) is 2. The molecule has 0 unspecified atom stereocenters. The molecular weight excluding hydrogens is 396 g/mol. The van der Waals surface area contributed by atoms with Gasteiger partial charge in [0.2, 0.25) is 15.2 Å². The lowest BCUT2D eigenvalue weighted by Gasteiger charge is -2.08. The minimum Gasteiger partial charge on any atom is -0.497 e. The summed E-state index contributed by atoms with van der Waals surface area (Å²) in [7, 11) is -2.02. The van der Waals surface area contributed by atoms with Gasteiger partial charge in [-0.25, -0.2) is 18.1 Å². The Bertz CT molecular complexity index is 1020. The van der Waals surface area contributed by atoms with Gasteiger partial charge in [0.25, 0.3) is 0 Å². The molecule has 0 saturated heterocycles. The van der Waals surface area contributed by atoms with Gasteiger partial charge < -0.3 is 10.1 Å². The first kappa shape index (κ1) is 20.2. The Labute approximate surface area is 169 Å². The number of sulfonamides is 1. The summed E-state index contributed by atoms with van der Waals surface area (Å²) >= 11 is 1.27. The number of methoxy groups -OCH3 is 1. The highest BCUT2D eigenvalue weighted by molar-refractivity contribution is 7.89. The van der Waals surface area contributed by atoms with E-state index >= 15 is 0 Å². The van der Waals surface area contributed by atoms with E-state index in [2.05, 4.69) is 38.5 Å². The molecule has 148 valence electrons. The van der Waals surface area contributed by atoms with Crippen LogP contribution in [0.4, 0.5) is 5.13 Å². The van der Waals surface area contributed by atoms with Gasteiger partial charge >= 0.3 is 0 Å². The number of nitrogens with zero attached hydrogens (tertiary/aromatic N) is 2. The largest absolute Gasteiger partial charge is 0.497 e. The highest BCUT2D eigenvalue weighted by Gasteiger charge is 2.13. The summed E-state index contributed by atoms with van der Waals surface area (Å²) < 4.78 is 36.5. The van der Waals surface area contributed by atoms with Crippen molar-refractivity contribution < 1.29 is 13.2 Å². The first-order chi connectivity index (χ1) is 13.5. The average molecular weight is 419 g/mol. The predicted octanol–water partition coefficient (Wildman–Crippen LogP) is 2.84. The maximum atomic E-state index is 12.3. The van der Waals surface area contributed by atoms with Crippen molar-refractivity contribution in [3.8, 4) is 5.75 Å². The molecule has 2 aromatic carbocycles. The van der Waals surface area contributed by atoms with E-state index in [1.165, 1.54) is 41.9 Å². The van der Waals surface area contributed by atoms with Crippen molar-refractivity contribution in [2.45, 2.75) is 18.2 Å². The summed E-state index contributed by atoms with van der Waals surface area (Å²) in [6, 6.07) is 14.4. The number of nitrogens with one attached hydrogen (secondary N) is 2. The molecule has 0 atom stereocenters. The number of ether oxygens (including phenoxy) is 1. The van der Waals surface area contributed by atoms with E-state index in [0.717, 1.165) is 5.82 Å². The van der Waals surface area contributed by atoms with Crippen LogP contribution < -0.4 is 14.8 Å². The molecule has 0 bridgehead atoms. The average Bonchev–Trinajstić information content (AvgIpc) is 3.14. The first-order valence-electron chi connectivity index (χ1n) is 8.72. The first-order valence-corrected chi connectivity index (χ1v) is 11.0. The Kier molecular flexibility index (Phi) is 6.61. The lowest BCUT2D eigenvalue weighted by Crippen LogP contribution is -2.28. The van der Waals surface area contributed by atoms with Gasteiger partial charge in [0.05, 0.1) is 12.0 Å². The second-order valence-electron chi connectivity index (χ2n) is 6.12. The number of rotatable bonds is 9. The third-order valence-corrected chi connectivity index (χ3v) is 6.33. The fraction of sp³-hybridized carbons (Fsp3) is 0.263. The Hall–Kier alpha value is -2.49. The van der Waals surface area contributed by atoms with Gasteiger partial charge in [-0.2, -0.15) is 4.37 Å². The van der Waals surface area contributed by atoms with Crippen LogP contribution in [0.5, 0.6) is 5.75 Å². The number of anilines is 1. The second kappa shape index (κ2) is 9.13. The number of aromatic nitrogens is 2. The van der Waals surface area contributed by atoms with Crippen molar-refractivity contribution in [1.29, 1.82) is 0 Å². The lowest BCUT2D eigenvalue weighted by atomic mass is 10.1. The van der Waals surface area contributed by atoms with E-state index < -0.39 is 10.0 Å². The molecule has 7 nitrogen and oxygen atoms in total. The second-order valence-corrected chi connectivity index (χ2v) is 8.64. The third kappa shape index (κ3) is 5.28. The molecule has 3 rings (SSSR count). The zero-order valence-corrected chi connectivity index (χ0v) is 17.3. The van der Waals surface area contributed by atoms with Crippen LogP contribution in [0.1, 0.15) is 17.0 Å². The molecule has 0 aliphatic heterocycles. The Morgan fingerprint density at radius 3 is 2.54 bits per heavy atom. The van der Waals surface area contributed by atoms with Crippen LogP contribution in [-0.2, 0) is 16.4 Å². The maximum Gasteiger partial charge on any atom is 0.240 e. The van der Waals surface area contributed by atoms with Crippen molar-refractivity contribution in [3.63, 3.8) is 0 Å². The summed E-state index contributed by atoms with van der Waals surface area (Å²) in [6.45, 7) is 2.71. The van der Waals surface area contributed by atoms with E-state index in [4.69, 9.17) is 4.74 Å². The molecule has 1 aromatic heterocycles. The highest BCUT2D eigenvalue weighted by atomic mass is 32.2. The molecule has 0 amide bonds. The molecule has 3 aromatic rings. The Morgan fingerprint density at radius 2 is 1.82 bits per heavy atom. The molecule has 0 saturated carbocycles. The standard InChI is InChI=1S/C19H22N4O3S2/c1-14-5-3-4-6-15(14)13-18-22-19(27-23-18)20-11-12-21-28(24,25)17-9-7-16(26-2)8-10-17/h3-10,21H,11-13H2,1-2H3,(H,20,22,23). The van der Waals surface area contributed by atoms with Crippen LogP contribution in [0.25, 0.3) is 0 Å². The van der Waals surface area contributed by atoms with Gasteiger partial charge in [0, 0.05) is 31.0 Å². The predicted molar refractivity (Wildman–Crippen MR) is 111 cm³/mol. The highest BCUT2D eigenvalue weighted by Crippen LogP contribution is 2.17. The van der Waals surface area contributed by atoms with Crippen LogP contribution in [0.2, 0.25) is 0 Å². The molecule has 0 radical (unpaired) electrons. The smallest absolute Gasteiger partial charge is 0.240 e. The third-order valence-electron chi connectivity index (χ3n) is 4.14. The van der Waals surface area contributed by atoms with E-state index in [0.29, 0.717) is 23.8 Å². The van der Waals surface area contributed by atoms with Gasteiger partial charge in [-0.1, -0.05) is 24.3 Å². The fourth-order valence-corrected chi connectivity index (χ4v) is 4.21. The quantitative estimate of drug-likeness (QED) is 0.519. The summed E-state index contributed by atoms with van der Waals surface area (Å²) in [4.78, 5) is 4.66. The molecule has 1 heterocycles. The summed E-state index contributed by atoms with van der Waals surface area (Å²) in [6.07, 6.45) is 0.676. The Morgan fingerprint density at radius 1 is 1.07 bits per heavy atom. The minimum absolute atomic E-state index is 0.199. The summed E-state index contributed by atoms with van der Waals surface area (Å²) in [5.41, 5.74) is 2.40. The lowest BCUT2D eigenvalue weighted by molar-refractivity contribution is 0.414. The van der Waals surface area contributed by atoms with E-state index in [-0.39, 0.29) is 11.4 Å². The van der Waals surface area contributed by atoms with E-state index in [1.54, 1.807) is 12.1 Å². The fourth-order valence-electron chi connectivity index (χ4n) is 2.57. The molecule has 0 spiro atoms. The van der Waals surface area contributed by atoms with Crippen molar-refractivity contribution in [1.82, 2.24) is 14.1 Å². The molecular formula is C19H22N4O3S2. The number of aryl methyl sites for hydroxylation is 1. The minimum atomic E-state index is -3.56. The van der Waals surface area contributed by atoms with Crippen LogP contribution in [0, 0.1) is 6.92 Å². The van der Waals surface area contributed by atoms with Crippen LogP contribution in [-0.4, -0.2) is 38.0 Å². The van der Waals surface area contributed by atoms with Crippen molar-refractivity contribution >= 4 is 26.7 Å². The van der Waals surface area contributed by atoms with Gasteiger partial charge in [-0.05, 0) is 42.3 Å². The van der Waals surface area contributed by atoms with E-state index in [1.807, 2.05) is 12.1 Å². The summed E-state index contributed by atoms with van der Waals surface area (Å²) in [5, 5.41) is 3.78. The monoisotopic (exact) mass is 418 g/mol. The molecule has 0 fully saturated rings.